The summed E-state index contributed by atoms with van der Waals surface area (Å²) in [5, 5.41) is 3.52. The van der Waals surface area contributed by atoms with Gasteiger partial charge in [-0.3, -0.25) is 4.98 Å². The fourth-order valence-electron chi connectivity index (χ4n) is 1.62. The first-order valence-corrected chi connectivity index (χ1v) is 5.00. The van der Waals surface area contributed by atoms with Gasteiger partial charge in [-0.05, 0) is 31.0 Å². The summed E-state index contributed by atoms with van der Waals surface area (Å²) in [4.78, 5) is 3.99. The molecule has 14 heavy (non-hydrogen) atoms. The molecule has 0 bridgehead atoms. The monoisotopic (exact) mass is 192 g/mol. The van der Waals surface area contributed by atoms with Crippen LogP contribution in [0.5, 0.6) is 0 Å². The van der Waals surface area contributed by atoms with Crippen molar-refractivity contribution in [2.24, 2.45) is 0 Å². The Labute approximate surface area is 84.5 Å². The van der Waals surface area contributed by atoms with E-state index in [1.807, 2.05) is 24.5 Å². The van der Waals surface area contributed by atoms with E-state index in [1.54, 1.807) is 0 Å². The summed E-state index contributed by atoms with van der Waals surface area (Å²) in [6.07, 6.45) is 4.74. The Kier molecular flexibility index (Phi) is 2.79. The second kappa shape index (κ2) is 4.07. The van der Waals surface area contributed by atoms with E-state index in [9.17, 15) is 0 Å². The summed E-state index contributed by atoms with van der Waals surface area (Å²) >= 11 is 0. The van der Waals surface area contributed by atoms with Gasteiger partial charge in [-0.25, -0.2) is 0 Å². The standard InChI is InChI=1S/C11H16N2O/c1-11(4-7-14-9-11)13-8-10-2-5-12-6-3-10/h2-3,5-6,13H,4,7-9H2,1H3. The average Bonchev–Trinajstić information content (AvgIpc) is 2.65. The predicted molar refractivity (Wildman–Crippen MR) is 54.9 cm³/mol. The van der Waals surface area contributed by atoms with Crippen molar-refractivity contribution >= 4 is 0 Å². The SMILES string of the molecule is CC1(NCc2ccncc2)CCOC1. The highest BCUT2D eigenvalue weighted by molar-refractivity contribution is 5.09. The van der Waals surface area contributed by atoms with E-state index >= 15 is 0 Å². The van der Waals surface area contributed by atoms with Crippen LogP contribution < -0.4 is 5.32 Å². The van der Waals surface area contributed by atoms with Crippen LogP contribution in [0.3, 0.4) is 0 Å². The minimum Gasteiger partial charge on any atom is -0.379 e. The molecule has 1 aromatic rings. The van der Waals surface area contributed by atoms with Gasteiger partial charge in [0.05, 0.1) is 6.61 Å². The zero-order valence-electron chi connectivity index (χ0n) is 8.49. The highest BCUT2D eigenvalue weighted by Crippen LogP contribution is 2.17. The van der Waals surface area contributed by atoms with Gasteiger partial charge in [-0.15, -0.1) is 0 Å². The minimum atomic E-state index is 0.156. The maximum Gasteiger partial charge on any atom is 0.0646 e. The Morgan fingerprint density at radius 3 is 2.93 bits per heavy atom. The molecule has 1 saturated heterocycles. The Hall–Kier alpha value is -0.930. The van der Waals surface area contributed by atoms with Gasteiger partial charge in [0.1, 0.15) is 0 Å². The number of aromatic nitrogens is 1. The van der Waals surface area contributed by atoms with Crippen molar-refractivity contribution in [1.82, 2.24) is 10.3 Å². The van der Waals surface area contributed by atoms with Crippen LogP contribution in [0.25, 0.3) is 0 Å². The van der Waals surface area contributed by atoms with Gasteiger partial charge in [0.15, 0.2) is 0 Å². The largest absolute Gasteiger partial charge is 0.379 e. The van der Waals surface area contributed by atoms with Crippen LogP contribution in [-0.2, 0) is 11.3 Å². The van der Waals surface area contributed by atoms with Crippen LogP contribution in [-0.4, -0.2) is 23.7 Å². The van der Waals surface area contributed by atoms with Crippen molar-refractivity contribution in [1.29, 1.82) is 0 Å². The van der Waals surface area contributed by atoms with Gasteiger partial charge in [0.2, 0.25) is 0 Å². The summed E-state index contributed by atoms with van der Waals surface area (Å²) < 4.78 is 5.37. The van der Waals surface area contributed by atoms with Crippen LogP contribution in [0, 0.1) is 0 Å². The lowest BCUT2D eigenvalue weighted by Gasteiger charge is -2.23. The van der Waals surface area contributed by atoms with Crippen LogP contribution in [0.15, 0.2) is 24.5 Å². The van der Waals surface area contributed by atoms with E-state index in [-0.39, 0.29) is 5.54 Å². The summed E-state index contributed by atoms with van der Waals surface area (Å²) in [5.74, 6) is 0. The molecule has 1 N–H and O–H groups in total. The lowest BCUT2D eigenvalue weighted by Crippen LogP contribution is -2.42. The van der Waals surface area contributed by atoms with Gasteiger partial charge < -0.3 is 10.1 Å². The Bertz CT molecular complexity index is 281. The first-order valence-electron chi connectivity index (χ1n) is 5.00. The van der Waals surface area contributed by atoms with Crippen molar-refractivity contribution in [3.05, 3.63) is 30.1 Å². The molecule has 3 nitrogen and oxygen atoms in total. The lowest BCUT2D eigenvalue weighted by atomic mass is 10.0. The van der Waals surface area contributed by atoms with Gasteiger partial charge in [0.25, 0.3) is 0 Å². The van der Waals surface area contributed by atoms with Crippen molar-refractivity contribution in [3.8, 4) is 0 Å². The van der Waals surface area contributed by atoms with Crippen LogP contribution in [0.1, 0.15) is 18.9 Å². The number of nitrogens with one attached hydrogen (secondary N) is 1. The number of ether oxygens (including phenoxy) is 1. The fourth-order valence-corrected chi connectivity index (χ4v) is 1.62. The fraction of sp³-hybridized carbons (Fsp3) is 0.545. The summed E-state index contributed by atoms with van der Waals surface area (Å²) in [6.45, 7) is 4.79. The van der Waals surface area contributed by atoms with E-state index in [0.717, 1.165) is 26.2 Å². The minimum absolute atomic E-state index is 0.156. The molecule has 1 aliphatic rings. The number of pyridine rings is 1. The van der Waals surface area contributed by atoms with Crippen LogP contribution >= 0.6 is 0 Å². The number of rotatable bonds is 3. The second-order valence-electron chi connectivity index (χ2n) is 4.07. The summed E-state index contributed by atoms with van der Waals surface area (Å²) in [6, 6.07) is 4.07. The lowest BCUT2D eigenvalue weighted by molar-refractivity contribution is 0.171. The van der Waals surface area contributed by atoms with E-state index in [2.05, 4.69) is 17.2 Å². The second-order valence-corrected chi connectivity index (χ2v) is 4.07. The molecule has 0 spiro atoms. The van der Waals surface area contributed by atoms with Gasteiger partial charge in [-0.2, -0.15) is 0 Å². The molecule has 0 radical (unpaired) electrons. The first-order chi connectivity index (χ1) is 6.79. The third kappa shape index (κ3) is 2.30. The highest BCUT2D eigenvalue weighted by atomic mass is 16.5. The van der Waals surface area contributed by atoms with E-state index in [0.29, 0.717) is 0 Å². The van der Waals surface area contributed by atoms with Gasteiger partial charge in [-0.1, -0.05) is 0 Å². The zero-order valence-corrected chi connectivity index (χ0v) is 8.49. The molecule has 1 fully saturated rings. The smallest absolute Gasteiger partial charge is 0.0646 e. The quantitative estimate of drug-likeness (QED) is 0.785. The van der Waals surface area contributed by atoms with Crippen LogP contribution in [0.4, 0.5) is 0 Å². The van der Waals surface area contributed by atoms with E-state index in [4.69, 9.17) is 4.74 Å². The third-order valence-electron chi connectivity index (χ3n) is 2.69. The number of hydrogen-bond acceptors (Lipinski definition) is 3. The Morgan fingerprint density at radius 1 is 1.50 bits per heavy atom. The zero-order chi connectivity index (χ0) is 9.86. The highest BCUT2D eigenvalue weighted by Gasteiger charge is 2.28. The van der Waals surface area contributed by atoms with E-state index < -0.39 is 0 Å². The molecule has 0 amide bonds. The van der Waals surface area contributed by atoms with Crippen LogP contribution in [0.2, 0.25) is 0 Å². The maximum atomic E-state index is 5.37. The Balaban J connectivity index is 1.88. The van der Waals surface area contributed by atoms with Gasteiger partial charge >= 0.3 is 0 Å². The summed E-state index contributed by atoms with van der Waals surface area (Å²) in [5.41, 5.74) is 1.43. The molecule has 1 unspecified atom stereocenters. The number of hydrogen-bond donors (Lipinski definition) is 1. The Morgan fingerprint density at radius 2 is 2.29 bits per heavy atom. The third-order valence-corrected chi connectivity index (χ3v) is 2.69. The van der Waals surface area contributed by atoms with E-state index in [1.165, 1.54) is 5.56 Å². The topological polar surface area (TPSA) is 34.2 Å². The molecule has 2 heterocycles. The average molecular weight is 192 g/mol. The molecule has 1 atom stereocenters. The molecule has 1 aromatic heterocycles. The first kappa shape index (κ1) is 9.62. The molecule has 3 heteroatoms. The molecular weight excluding hydrogens is 176 g/mol. The predicted octanol–water partition coefficient (Wildman–Crippen LogP) is 1.35. The molecule has 0 aliphatic carbocycles. The molecule has 76 valence electrons. The molecular formula is C11H16N2O. The number of nitrogens with zero attached hydrogens (tertiary/aromatic N) is 1. The normalized spacial score (nSPS) is 26.6. The molecule has 1 aliphatic heterocycles. The van der Waals surface area contributed by atoms with Crippen molar-refractivity contribution in [2.45, 2.75) is 25.4 Å². The van der Waals surface area contributed by atoms with Crippen molar-refractivity contribution < 1.29 is 4.74 Å². The van der Waals surface area contributed by atoms with Crippen molar-refractivity contribution in [3.63, 3.8) is 0 Å². The molecule has 0 aromatic carbocycles. The van der Waals surface area contributed by atoms with Gasteiger partial charge in [0, 0.05) is 31.1 Å². The van der Waals surface area contributed by atoms with Crippen molar-refractivity contribution in [2.75, 3.05) is 13.2 Å². The molecule has 0 saturated carbocycles. The maximum absolute atomic E-state index is 5.37. The summed E-state index contributed by atoms with van der Waals surface area (Å²) in [7, 11) is 0. The molecule has 2 rings (SSSR count).